The number of nitrogens with one attached hydrogen (secondary N) is 1. The molecule has 0 unspecified atom stereocenters. The zero-order valence-electron chi connectivity index (χ0n) is 11.6. The number of benzene rings is 2. The number of hydrogen-bond donors (Lipinski definition) is 1. The van der Waals surface area contributed by atoms with Crippen molar-refractivity contribution in [2.24, 2.45) is 0 Å². The van der Waals surface area contributed by atoms with Crippen molar-refractivity contribution in [1.29, 1.82) is 0 Å². The molecular formula is C17H20N2O. The van der Waals surface area contributed by atoms with Crippen LogP contribution in [0.15, 0.2) is 42.5 Å². The summed E-state index contributed by atoms with van der Waals surface area (Å²) in [6.45, 7) is 1.74. The maximum absolute atomic E-state index is 12.4. The van der Waals surface area contributed by atoms with E-state index >= 15 is 0 Å². The quantitative estimate of drug-likeness (QED) is 0.824. The fraction of sp³-hybridized carbons (Fsp3) is 0.353. The van der Waals surface area contributed by atoms with Gasteiger partial charge in [0.25, 0.3) is 0 Å². The lowest BCUT2D eigenvalue weighted by molar-refractivity contribution is 0.214. The van der Waals surface area contributed by atoms with Gasteiger partial charge in [0, 0.05) is 18.5 Å². The molecule has 20 heavy (non-hydrogen) atoms. The molecule has 1 aliphatic heterocycles. The van der Waals surface area contributed by atoms with E-state index < -0.39 is 0 Å². The number of rotatable bonds is 1. The van der Waals surface area contributed by atoms with Gasteiger partial charge in [-0.15, -0.1) is 0 Å². The number of hydrogen-bond acceptors (Lipinski definition) is 1. The molecule has 0 atom stereocenters. The monoisotopic (exact) mass is 268 g/mol. The average molecular weight is 268 g/mol. The van der Waals surface area contributed by atoms with E-state index in [2.05, 4.69) is 17.4 Å². The van der Waals surface area contributed by atoms with Gasteiger partial charge in [0.2, 0.25) is 0 Å². The molecule has 0 radical (unpaired) electrons. The lowest BCUT2D eigenvalue weighted by Gasteiger charge is -2.21. The second kappa shape index (κ2) is 5.95. The molecule has 3 heteroatoms. The minimum Gasteiger partial charge on any atom is -0.325 e. The van der Waals surface area contributed by atoms with Gasteiger partial charge in [-0.2, -0.15) is 0 Å². The minimum absolute atomic E-state index is 0.0308. The molecular weight excluding hydrogens is 248 g/mol. The smallest absolute Gasteiger partial charge is 0.321 e. The molecule has 3 nitrogen and oxygen atoms in total. The lowest BCUT2D eigenvalue weighted by atomic mass is 10.1. The lowest BCUT2D eigenvalue weighted by Crippen LogP contribution is -2.35. The standard InChI is InChI=1S/C17H20N2O/c20-17(19-12-5-1-2-6-13-19)18-16-11-7-9-14-8-3-4-10-15(14)16/h3-4,7-11H,1-2,5-6,12-13H2,(H,18,20). The number of carbonyl (C=O) groups excluding carboxylic acids is 1. The molecule has 0 aromatic heterocycles. The Morgan fingerprint density at radius 3 is 2.40 bits per heavy atom. The molecule has 0 aliphatic carbocycles. The summed E-state index contributed by atoms with van der Waals surface area (Å²) in [7, 11) is 0. The fourth-order valence-electron chi connectivity index (χ4n) is 2.80. The normalized spacial score (nSPS) is 15.9. The van der Waals surface area contributed by atoms with Crippen molar-refractivity contribution in [3.63, 3.8) is 0 Å². The highest BCUT2D eigenvalue weighted by atomic mass is 16.2. The second-order valence-corrected chi connectivity index (χ2v) is 5.36. The molecule has 2 aromatic rings. The maximum atomic E-state index is 12.4. The summed E-state index contributed by atoms with van der Waals surface area (Å²) in [5.74, 6) is 0. The Morgan fingerprint density at radius 2 is 1.60 bits per heavy atom. The van der Waals surface area contributed by atoms with Crippen molar-refractivity contribution >= 4 is 22.5 Å². The number of amides is 2. The van der Waals surface area contributed by atoms with Crippen LogP contribution >= 0.6 is 0 Å². The van der Waals surface area contributed by atoms with E-state index in [0.29, 0.717) is 0 Å². The molecule has 1 heterocycles. The molecule has 1 aliphatic rings. The van der Waals surface area contributed by atoms with Gasteiger partial charge in [0.15, 0.2) is 0 Å². The Morgan fingerprint density at radius 1 is 0.900 bits per heavy atom. The highest BCUT2D eigenvalue weighted by Gasteiger charge is 2.15. The Hall–Kier alpha value is -2.03. The first-order valence-electron chi connectivity index (χ1n) is 7.38. The van der Waals surface area contributed by atoms with Gasteiger partial charge in [0.1, 0.15) is 0 Å². The van der Waals surface area contributed by atoms with Crippen LogP contribution in [0.5, 0.6) is 0 Å². The van der Waals surface area contributed by atoms with Crippen molar-refractivity contribution in [2.45, 2.75) is 25.7 Å². The van der Waals surface area contributed by atoms with Gasteiger partial charge in [0.05, 0.1) is 5.69 Å². The maximum Gasteiger partial charge on any atom is 0.321 e. The first kappa shape index (κ1) is 13.0. The van der Waals surface area contributed by atoms with E-state index in [-0.39, 0.29) is 6.03 Å². The number of anilines is 1. The zero-order chi connectivity index (χ0) is 13.8. The molecule has 2 aromatic carbocycles. The molecule has 0 spiro atoms. The fourth-order valence-corrected chi connectivity index (χ4v) is 2.80. The van der Waals surface area contributed by atoms with Crippen LogP contribution in [0.1, 0.15) is 25.7 Å². The molecule has 0 bridgehead atoms. The van der Waals surface area contributed by atoms with Gasteiger partial charge >= 0.3 is 6.03 Å². The summed E-state index contributed by atoms with van der Waals surface area (Å²) in [6.07, 6.45) is 4.70. The molecule has 1 saturated heterocycles. The molecule has 1 fully saturated rings. The average Bonchev–Trinajstić information content (AvgIpc) is 2.77. The van der Waals surface area contributed by atoms with E-state index in [4.69, 9.17) is 0 Å². The summed E-state index contributed by atoms with van der Waals surface area (Å²) in [6, 6.07) is 14.2. The highest BCUT2D eigenvalue weighted by molar-refractivity contribution is 6.01. The topological polar surface area (TPSA) is 32.3 Å². The van der Waals surface area contributed by atoms with E-state index in [1.54, 1.807) is 0 Å². The largest absolute Gasteiger partial charge is 0.325 e. The predicted octanol–water partition coefficient (Wildman–Crippen LogP) is 4.25. The summed E-state index contributed by atoms with van der Waals surface area (Å²) in [5, 5.41) is 5.32. The molecule has 3 rings (SSSR count). The van der Waals surface area contributed by atoms with Crippen LogP contribution in [0.3, 0.4) is 0 Å². The molecule has 1 N–H and O–H groups in total. The number of urea groups is 1. The van der Waals surface area contributed by atoms with E-state index in [1.165, 1.54) is 12.8 Å². The zero-order valence-corrected chi connectivity index (χ0v) is 11.6. The van der Waals surface area contributed by atoms with E-state index in [1.807, 2.05) is 35.2 Å². The van der Waals surface area contributed by atoms with Gasteiger partial charge in [-0.1, -0.05) is 49.2 Å². The third kappa shape index (κ3) is 2.77. The number of carbonyl (C=O) groups is 1. The first-order valence-corrected chi connectivity index (χ1v) is 7.38. The summed E-state index contributed by atoms with van der Waals surface area (Å²) >= 11 is 0. The highest BCUT2D eigenvalue weighted by Crippen LogP contribution is 2.23. The Kier molecular flexibility index (Phi) is 3.86. The Balaban J connectivity index is 1.80. The van der Waals surface area contributed by atoms with Gasteiger partial charge in [-0.3, -0.25) is 0 Å². The number of nitrogens with zero attached hydrogens (tertiary/aromatic N) is 1. The third-order valence-electron chi connectivity index (χ3n) is 3.92. The summed E-state index contributed by atoms with van der Waals surface area (Å²) in [5.41, 5.74) is 0.900. The number of likely N-dealkylation sites (tertiary alicyclic amines) is 1. The molecule has 0 saturated carbocycles. The first-order chi connectivity index (χ1) is 9.84. The summed E-state index contributed by atoms with van der Waals surface area (Å²) in [4.78, 5) is 14.3. The van der Waals surface area contributed by atoms with Crippen LogP contribution in [-0.4, -0.2) is 24.0 Å². The van der Waals surface area contributed by atoms with Crippen molar-refractivity contribution in [3.8, 4) is 0 Å². The van der Waals surface area contributed by atoms with Gasteiger partial charge in [-0.25, -0.2) is 4.79 Å². The molecule has 104 valence electrons. The van der Waals surface area contributed by atoms with Crippen LogP contribution in [0.25, 0.3) is 10.8 Å². The van der Waals surface area contributed by atoms with E-state index in [0.717, 1.165) is 42.4 Å². The van der Waals surface area contributed by atoms with Gasteiger partial charge < -0.3 is 10.2 Å². The number of fused-ring (bicyclic) bond motifs is 1. The third-order valence-corrected chi connectivity index (χ3v) is 3.92. The molecule has 2 amide bonds. The summed E-state index contributed by atoms with van der Waals surface area (Å²) < 4.78 is 0. The van der Waals surface area contributed by atoms with Crippen LogP contribution in [-0.2, 0) is 0 Å². The van der Waals surface area contributed by atoms with Crippen LogP contribution in [0.4, 0.5) is 10.5 Å². The SMILES string of the molecule is O=C(Nc1cccc2ccccc12)N1CCCCCC1. The predicted molar refractivity (Wildman–Crippen MR) is 83.0 cm³/mol. The van der Waals surface area contributed by atoms with Crippen LogP contribution < -0.4 is 5.32 Å². The van der Waals surface area contributed by atoms with Crippen molar-refractivity contribution in [2.75, 3.05) is 18.4 Å². The van der Waals surface area contributed by atoms with Crippen LogP contribution in [0, 0.1) is 0 Å². The van der Waals surface area contributed by atoms with Gasteiger partial charge in [-0.05, 0) is 24.3 Å². The Bertz CT molecular complexity index is 595. The van der Waals surface area contributed by atoms with Crippen molar-refractivity contribution in [3.05, 3.63) is 42.5 Å². The van der Waals surface area contributed by atoms with E-state index in [9.17, 15) is 4.79 Å². The van der Waals surface area contributed by atoms with Crippen molar-refractivity contribution < 1.29 is 4.79 Å². The second-order valence-electron chi connectivity index (χ2n) is 5.36. The Labute approximate surface area is 119 Å². The van der Waals surface area contributed by atoms with Crippen molar-refractivity contribution in [1.82, 2.24) is 4.90 Å². The van der Waals surface area contributed by atoms with Crippen LogP contribution in [0.2, 0.25) is 0 Å². The minimum atomic E-state index is 0.0308.